The van der Waals surface area contributed by atoms with Crippen molar-refractivity contribution in [2.45, 2.75) is 13.0 Å². The summed E-state index contributed by atoms with van der Waals surface area (Å²) < 4.78 is 1.53. The first kappa shape index (κ1) is 11.1. The molecule has 6 nitrogen and oxygen atoms in total. The zero-order valence-corrected chi connectivity index (χ0v) is 8.95. The largest absolute Gasteiger partial charge is 0.508 e. The molecule has 2 aromatic rings. The molecular formula is C11H11N3O3. The van der Waals surface area contributed by atoms with Crippen LogP contribution < -0.4 is 0 Å². The molecule has 6 heteroatoms. The van der Waals surface area contributed by atoms with E-state index in [2.05, 4.69) is 10.3 Å². The summed E-state index contributed by atoms with van der Waals surface area (Å²) in [6, 6.07) is 6.79. The van der Waals surface area contributed by atoms with Crippen LogP contribution in [0.2, 0.25) is 0 Å². The maximum atomic E-state index is 10.5. The van der Waals surface area contributed by atoms with Crippen LogP contribution in [0.25, 0.3) is 0 Å². The number of rotatable bonds is 4. The summed E-state index contributed by atoms with van der Waals surface area (Å²) in [6.07, 6.45) is 1.44. The van der Waals surface area contributed by atoms with Gasteiger partial charge < -0.3 is 10.2 Å². The highest BCUT2D eigenvalue weighted by Gasteiger charge is 2.05. The van der Waals surface area contributed by atoms with Crippen LogP contribution in [0.3, 0.4) is 0 Å². The number of aromatic hydroxyl groups is 1. The highest BCUT2D eigenvalue weighted by Crippen LogP contribution is 2.11. The number of hydrogen-bond acceptors (Lipinski definition) is 4. The lowest BCUT2D eigenvalue weighted by molar-refractivity contribution is -0.136. The second kappa shape index (κ2) is 4.65. The van der Waals surface area contributed by atoms with E-state index in [1.54, 1.807) is 24.4 Å². The molecule has 1 aromatic heterocycles. The lowest BCUT2D eigenvalue weighted by Gasteiger charge is -2.00. The van der Waals surface area contributed by atoms with Crippen LogP contribution in [0.4, 0.5) is 0 Å². The fourth-order valence-corrected chi connectivity index (χ4v) is 1.49. The van der Waals surface area contributed by atoms with Crippen LogP contribution in [0, 0.1) is 0 Å². The third-order valence-corrected chi connectivity index (χ3v) is 2.17. The lowest BCUT2D eigenvalue weighted by atomic mass is 10.2. The first-order valence-electron chi connectivity index (χ1n) is 5.02. The van der Waals surface area contributed by atoms with Gasteiger partial charge in [0.1, 0.15) is 5.75 Å². The summed E-state index contributed by atoms with van der Waals surface area (Å²) in [4.78, 5) is 10.5. The monoisotopic (exact) mass is 233 g/mol. The van der Waals surface area contributed by atoms with Gasteiger partial charge in [-0.2, -0.15) is 0 Å². The Morgan fingerprint density at radius 1 is 1.41 bits per heavy atom. The van der Waals surface area contributed by atoms with Gasteiger partial charge in [0.05, 0.1) is 18.7 Å². The molecule has 1 aromatic carbocycles. The summed E-state index contributed by atoms with van der Waals surface area (Å²) >= 11 is 0. The van der Waals surface area contributed by atoms with Crippen molar-refractivity contribution in [1.29, 1.82) is 0 Å². The third kappa shape index (κ3) is 3.04. The highest BCUT2D eigenvalue weighted by atomic mass is 16.4. The van der Waals surface area contributed by atoms with E-state index < -0.39 is 5.97 Å². The zero-order valence-electron chi connectivity index (χ0n) is 8.95. The number of hydrogen-bond donors (Lipinski definition) is 2. The number of phenolic OH excluding ortho intramolecular Hbond substituents is 1. The fourth-order valence-electron chi connectivity index (χ4n) is 1.49. The van der Waals surface area contributed by atoms with Crippen LogP contribution in [0.15, 0.2) is 30.5 Å². The standard InChI is InChI=1S/C11H11N3O3/c15-10-3-1-2-8(4-10)6-14-7-9(12-13-14)5-11(16)17/h1-4,7,15H,5-6H2,(H,16,17). The summed E-state index contributed by atoms with van der Waals surface area (Å²) in [5.41, 5.74) is 1.29. The predicted molar refractivity (Wildman–Crippen MR) is 58.6 cm³/mol. The molecule has 0 bridgehead atoms. The molecule has 17 heavy (non-hydrogen) atoms. The van der Waals surface area contributed by atoms with Crippen LogP contribution in [0.5, 0.6) is 5.75 Å². The molecule has 1 heterocycles. The average molecular weight is 233 g/mol. The first-order valence-corrected chi connectivity index (χ1v) is 5.02. The van der Waals surface area contributed by atoms with Gasteiger partial charge in [0.25, 0.3) is 0 Å². The Morgan fingerprint density at radius 2 is 2.24 bits per heavy atom. The molecule has 0 aliphatic heterocycles. The van der Waals surface area contributed by atoms with E-state index in [1.807, 2.05) is 6.07 Å². The quantitative estimate of drug-likeness (QED) is 0.809. The molecule has 0 atom stereocenters. The van der Waals surface area contributed by atoms with Crippen molar-refractivity contribution in [3.63, 3.8) is 0 Å². The first-order chi connectivity index (χ1) is 8.13. The minimum atomic E-state index is -0.936. The van der Waals surface area contributed by atoms with E-state index in [4.69, 9.17) is 5.11 Å². The number of aliphatic carboxylic acids is 1. The van der Waals surface area contributed by atoms with E-state index in [0.29, 0.717) is 12.2 Å². The van der Waals surface area contributed by atoms with E-state index in [0.717, 1.165) is 5.56 Å². The van der Waals surface area contributed by atoms with E-state index in [9.17, 15) is 9.90 Å². The second-order valence-corrected chi connectivity index (χ2v) is 3.65. The van der Waals surface area contributed by atoms with Crippen molar-refractivity contribution in [2.75, 3.05) is 0 Å². The molecular weight excluding hydrogens is 222 g/mol. The molecule has 0 spiro atoms. The number of carbonyl (C=O) groups is 1. The molecule has 2 rings (SSSR count). The number of benzene rings is 1. The third-order valence-electron chi connectivity index (χ3n) is 2.17. The van der Waals surface area contributed by atoms with Crippen LogP contribution in [-0.4, -0.2) is 31.2 Å². The minimum Gasteiger partial charge on any atom is -0.508 e. The number of carboxylic acid groups (broad SMARTS) is 1. The topological polar surface area (TPSA) is 88.2 Å². The Labute approximate surface area is 97.1 Å². The Hall–Kier alpha value is -2.37. The van der Waals surface area contributed by atoms with Crippen LogP contribution in [0.1, 0.15) is 11.3 Å². The Bertz CT molecular complexity index is 536. The van der Waals surface area contributed by atoms with E-state index in [1.165, 1.54) is 4.68 Å². The maximum absolute atomic E-state index is 10.5. The second-order valence-electron chi connectivity index (χ2n) is 3.65. The Kier molecular flexibility index (Phi) is 3.04. The van der Waals surface area contributed by atoms with Crippen molar-refractivity contribution < 1.29 is 15.0 Å². The molecule has 0 unspecified atom stereocenters. The fraction of sp³-hybridized carbons (Fsp3) is 0.182. The SMILES string of the molecule is O=C(O)Cc1cn(Cc2cccc(O)c2)nn1. The van der Waals surface area contributed by atoms with Gasteiger partial charge >= 0.3 is 5.97 Å². The van der Waals surface area contributed by atoms with Gasteiger partial charge in [0.2, 0.25) is 0 Å². The van der Waals surface area contributed by atoms with Gasteiger partial charge in [0.15, 0.2) is 0 Å². The summed E-state index contributed by atoms with van der Waals surface area (Å²) in [6.45, 7) is 0.445. The van der Waals surface area contributed by atoms with Crippen LogP contribution >= 0.6 is 0 Å². The number of aromatic nitrogens is 3. The van der Waals surface area contributed by atoms with Gasteiger partial charge in [0, 0.05) is 6.20 Å². The highest BCUT2D eigenvalue weighted by molar-refractivity contribution is 5.69. The molecule has 2 N–H and O–H groups in total. The molecule has 0 aliphatic rings. The molecule has 0 saturated heterocycles. The minimum absolute atomic E-state index is 0.139. The van der Waals surface area contributed by atoms with Crippen LogP contribution in [-0.2, 0) is 17.8 Å². The van der Waals surface area contributed by atoms with E-state index in [-0.39, 0.29) is 12.2 Å². The average Bonchev–Trinajstić information content (AvgIpc) is 2.64. The van der Waals surface area contributed by atoms with E-state index >= 15 is 0 Å². The van der Waals surface area contributed by atoms with Gasteiger partial charge in [-0.05, 0) is 17.7 Å². The summed E-state index contributed by atoms with van der Waals surface area (Å²) in [5, 5.41) is 25.4. The van der Waals surface area contributed by atoms with Crippen molar-refractivity contribution in [3.05, 3.63) is 41.7 Å². The lowest BCUT2D eigenvalue weighted by Crippen LogP contribution is -2.01. The Balaban J connectivity index is 2.08. The number of nitrogens with zero attached hydrogens (tertiary/aromatic N) is 3. The Morgan fingerprint density at radius 3 is 2.94 bits per heavy atom. The van der Waals surface area contributed by atoms with Gasteiger partial charge in [-0.25, -0.2) is 4.68 Å². The summed E-state index contributed by atoms with van der Waals surface area (Å²) in [7, 11) is 0. The van der Waals surface area contributed by atoms with Gasteiger partial charge in [-0.1, -0.05) is 17.3 Å². The van der Waals surface area contributed by atoms with Crippen molar-refractivity contribution in [3.8, 4) is 5.75 Å². The molecule has 88 valence electrons. The predicted octanol–water partition coefficient (Wildman–Crippen LogP) is 0.659. The summed E-state index contributed by atoms with van der Waals surface area (Å²) in [5.74, 6) is -0.747. The molecule has 0 amide bonds. The zero-order chi connectivity index (χ0) is 12.3. The van der Waals surface area contributed by atoms with Gasteiger partial charge in [-0.15, -0.1) is 5.10 Å². The molecule has 0 fully saturated rings. The van der Waals surface area contributed by atoms with Crippen molar-refractivity contribution >= 4 is 5.97 Å². The van der Waals surface area contributed by atoms with Crippen molar-refractivity contribution in [2.24, 2.45) is 0 Å². The molecule has 0 saturated carbocycles. The normalized spacial score (nSPS) is 10.4. The van der Waals surface area contributed by atoms with Crippen molar-refractivity contribution in [1.82, 2.24) is 15.0 Å². The number of carboxylic acids is 1. The molecule has 0 aliphatic carbocycles. The van der Waals surface area contributed by atoms with Gasteiger partial charge in [-0.3, -0.25) is 4.79 Å². The maximum Gasteiger partial charge on any atom is 0.309 e. The number of phenols is 1. The smallest absolute Gasteiger partial charge is 0.309 e. The molecule has 0 radical (unpaired) electrons.